The fourth-order valence-electron chi connectivity index (χ4n) is 3.13. The molecule has 7 heteroatoms. The summed E-state index contributed by atoms with van der Waals surface area (Å²) in [5.41, 5.74) is 0.215. The highest BCUT2D eigenvalue weighted by atomic mass is 16.5. The van der Waals surface area contributed by atoms with Gasteiger partial charge in [0.25, 0.3) is 5.91 Å². The van der Waals surface area contributed by atoms with Crippen molar-refractivity contribution in [2.45, 2.75) is 25.9 Å². The topological polar surface area (TPSA) is 78.2 Å². The van der Waals surface area contributed by atoms with Gasteiger partial charge in [-0.15, -0.1) is 0 Å². The van der Waals surface area contributed by atoms with Gasteiger partial charge >= 0.3 is 5.63 Å². The minimum Gasteiger partial charge on any atom is -0.491 e. The maximum atomic E-state index is 12.7. The standard InChI is InChI=1S/C21H25NO6/c1-15-13-19(14-20(23)27-15)28-18-7-9-22(10-8-18)21(24)16-3-5-17(6-4-16)26-12-11-25-2/h3-6,13-14,18H,7-12H2,1-2H3. The van der Waals surface area contributed by atoms with Crippen molar-refractivity contribution in [3.8, 4) is 11.5 Å². The van der Waals surface area contributed by atoms with Crippen LogP contribution in [0.1, 0.15) is 29.0 Å². The van der Waals surface area contributed by atoms with Crippen molar-refractivity contribution in [2.24, 2.45) is 0 Å². The van der Waals surface area contributed by atoms with Gasteiger partial charge in [-0.1, -0.05) is 0 Å². The number of amides is 1. The van der Waals surface area contributed by atoms with E-state index in [4.69, 9.17) is 18.6 Å². The molecule has 1 amide bonds. The molecule has 2 aromatic rings. The van der Waals surface area contributed by atoms with Crippen LogP contribution in [0.3, 0.4) is 0 Å². The van der Waals surface area contributed by atoms with Crippen LogP contribution in [0.25, 0.3) is 0 Å². The molecule has 0 radical (unpaired) electrons. The van der Waals surface area contributed by atoms with Crippen molar-refractivity contribution >= 4 is 5.91 Å². The quantitative estimate of drug-likeness (QED) is 0.680. The lowest BCUT2D eigenvalue weighted by molar-refractivity contribution is 0.0594. The molecule has 3 rings (SSSR count). The first-order valence-electron chi connectivity index (χ1n) is 9.34. The highest BCUT2D eigenvalue weighted by Crippen LogP contribution is 2.21. The fourth-order valence-corrected chi connectivity index (χ4v) is 3.13. The van der Waals surface area contributed by atoms with Gasteiger partial charge in [-0.05, 0) is 31.2 Å². The van der Waals surface area contributed by atoms with E-state index < -0.39 is 5.63 Å². The Balaban J connectivity index is 1.51. The van der Waals surface area contributed by atoms with E-state index in [0.717, 1.165) is 0 Å². The molecule has 1 aliphatic heterocycles. The Hall–Kier alpha value is -2.80. The van der Waals surface area contributed by atoms with E-state index in [1.807, 2.05) is 4.90 Å². The lowest BCUT2D eigenvalue weighted by Gasteiger charge is -2.32. The second-order valence-electron chi connectivity index (χ2n) is 6.70. The Kier molecular flexibility index (Phi) is 6.71. The summed E-state index contributed by atoms with van der Waals surface area (Å²) in [5.74, 6) is 1.74. The number of hydrogen-bond donors (Lipinski definition) is 0. The summed E-state index contributed by atoms with van der Waals surface area (Å²) in [4.78, 5) is 26.0. The van der Waals surface area contributed by atoms with E-state index in [9.17, 15) is 9.59 Å². The van der Waals surface area contributed by atoms with Crippen molar-refractivity contribution in [2.75, 3.05) is 33.4 Å². The molecule has 7 nitrogen and oxygen atoms in total. The van der Waals surface area contributed by atoms with Gasteiger partial charge in [0.1, 0.15) is 30.0 Å². The SMILES string of the molecule is COCCOc1ccc(C(=O)N2CCC(Oc3cc(C)oc(=O)c3)CC2)cc1. The number of piperidine rings is 1. The van der Waals surface area contributed by atoms with Crippen molar-refractivity contribution < 1.29 is 23.4 Å². The van der Waals surface area contributed by atoms with Crippen molar-refractivity contribution in [1.82, 2.24) is 4.90 Å². The number of nitrogens with zero attached hydrogens (tertiary/aromatic N) is 1. The summed E-state index contributed by atoms with van der Waals surface area (Å²) >= 11 is 0. The Morgan fingerprint density at radius 3 is 2.46 bits per heavy atom. The number of rotatable bonds is 7. The molecule has 1 saturated heterocycles. The minimum atomic E-state index is -0.419. The van der Waals surface area contributed by atoms with Crippen LogP contribution < -0.4 is 15.1 Å². The third kappa shape index (κ3) is 5.36. The summed E-state index contributed by atoms with van der Waals surface area (Å²) in [6.07, 6.45) is 1.40. The van der Waals surface area contributed by atoms with Gasteiger partial charge in [0.15, 0.2) is 0 Å². The van der Waals surface area contributed by atoms with Crippen LogP contribution in [0.2, 0.25) is 0 Å². The summed E-state index contributed by atoms with van der Waals surface area (Å²) in [6.45, 7) is 3.92. The maximum Gasteiger partial charge on any atom is 0.339 e. The molecule has 0 N–H and O–H groups in total. The molecular weight excluding hydrogens is 362 g/mol. The highest BCUT2D eigenvalue weighted by Gasteiger charge is 2.25. The summed E-state index contributed by atoms with van der Waals surface area (Å²) in [5, 5.41) is 0. The summed E-state index contributed by atoms with van der Waals surface area (Å²) in [6, 6.07) is 10.2. The van der Waals surface area contributed by atoms with Crippen molar-refractivity contribution in [1.29, 1.82) is 0 Å². The van der Waals surface area contributed by atoms with Crippen LogP contribution in [0, 0.1) is 6.92 Å². The van der Waals surface area contributed by atoms with E-state index in [-0.39, 0.29) is 12.0 Å². The largest absolute Gasteiger partial charge is 0.491 e. The normalized spacial score (nSPS) is 14.7. The van der Waals surface area contributed by atoms with Crippen molar-refractivity contribution in [3.05, 3.63) is 58.1 Å². The average molecular weight is 387 g/mol. The van der Waals surface area contributed by atoms with Gasteiger partial charge in [0, 0.05) is 44.7 Å². The maximum absolute atomic E-state index is 12.7. The number of ether oxygens (including phenoxy) is 3. The first-order valence-corrected chi connectivity index (χ1v) is 9.34. The van der Waals surface area contributed by atoms with Gasteiger partial charge < -0.3 is 23.5 Å². The van der Waals surface area contributed by atoms with Crippen LogP contribution in [-0.4, -0.2) is 50.3 Å². The molecule has 0 spiro atoms. The number of hydrogen-bond acceptors (Lipinski definition) is 6. The molecular formula is C21H25NO6. The monoisotopic (exact) mass is 387 g/mol. The molecule has 0 saturated carbocycles. The van der Waals surface area contributed by atoms with Crippen LogP contribution in [0.15, 0.2) is 45.6 Å². The first-order chi connectivity index (χ1) is 13.5. The van der Waals surface area contributed by atoms with Gasteiger partial charge in [-0.25, -0.2) is 4.79 Å². The molecule has 0 bridgehead atoms. The van der Waals surface area contributed by atoms with Crippen LogP contribution in [-0.2, 0) is 4.74 Å². The summed E-state index contributed by atoms with van der Waals surface area (Å²) in [7, 11) is 1.62. The number of methoxy groups -OCH3 is 1. The number of carbonyl (C=O) groups excluding carboxylic acids is 1. The van der Waals surface area contributed by atoms with Crippen molar-refractivity contribution in [3.63, 3.8) is 0 Å². The second-order valence-corrected chi connectivity index (χ2v) is 6.70. The predicted octanol–water partition coefficient (Wildman–Crippen LogP) is 2.66. The zero-order chi connectivity index (χ0) is 19.9. The second kappa shape index (κ2) is 9.41. The van der Waals surface area contributed by atoms with Crippen LogP contribution in [0.4, 0.5) is 0 Å². The molecule has 1 fully saturated rings. The minimum absolute atomic E-state index is 0.00177. The van der Waals surface area contributed by atoms with E-state index in [0.29, 0.717) is 62.0 Å². The molecule has 1 aliphatic rings. The third-order valence-corrected chi connectivity index (χ3v) is 4.56. The molecule has 0 aliphatic carbocycles. The zero-order valence-corrected chi connectivity index (χ0v) is 16.2. The Morgan fingerprint density at radius 1 is 1.11 bits per heavy atom. The van der Waals surface area contributed by atoms with Gasteiger partial charge in [0.2, 0.25) is 0 Å². The Labute approximate surface area is 163 Å². The Bertz CT molecular complexity index is 837. The average Bonchev–Trinajstić information content (AvgIpc) is 2.68. The summed E-state index contributed by atoms with van der Waals surface area (Å²) < 4.78 is 21.3. The molecule has 0 unspecified atom stereocenters. The number of likely N-dealkylation sites (tertiary alicyclic amines) is 1. The van der Waals surface area contributed by atoms with E-state index >= 15 is 0 Å². The molecule has 150 valence electrons. The molecule has 1 aromatic carbocycles. The van der Waals surface area contributed by atoms with Gasteiger partial charge in [0.05, 0.1) is 12.7 Å². The number of benzene rings is 1. The fraction of sp³-hybridized carbons (Fsp3) is 0.429. The molecule has 28 heavy (non-hydrogen) atoms. The predicted molar refractivity (Wildman–Crippen MR) is 103 cm³/mol. The lowest BCUT2D eigenvalue weighted by Crippen LogP contribution is -2.41. The third-order valence-electron chi connectivity index (χ3n) is 4.56. The first kappa shape index (κ1) is 19.9. The highest BCUT2D eigenvalue weighted by molar-refractivity contribution is 5.94. The van der Waals surface area contributed by atoms with Gasteiger partial charge in [-0.2, -0.15) is 0 Å². The van der Waals surface area contributed by atoms with Crippen LogP contribution >= 0.6 is 0 Å². The smallest absolute Gasteiger partial charge is 0.339 e. The molecule has 2 heterocycles. The Morgan fingerprint density at radius 2 is 1.82 bits per heavy atom. The van der Waals surface area contributed by atoms with E-state index in [2.05, 4.69) is 0 Å². The van der Waals surface area contributed by atoms with E-state index in [1.54, 1.807) is 44.4 Å². The number of carbonyl (C=O) groups is 1. The van der Waals surface area contributed by atoms with Crippen LogP contribution in [0.5, 0.6) is 11.5 Å². The van der Waals surface area contributed by atoms with Gasteiger partial charge in [-0.3, -0.25) is 4.79 Å². The molecule has 1 aromatic heterocycles. The number of aryl methyl sites for hydroxylation is 1. The molecule has 0 atom stereocenters. The zero-order valence-electron chi connectivity index (χ0n) is 16.2. The van der Waals surface area contributed by atoms with E-state index in [1.165, 1.54) is 6.07 Å². The lowest BCUT2D eigenvalue weighted by atomic mass is 10.1.